The molecule has 2 atom stereocenters. The minimum Gasteiger partial charge on any atom is -0.347 e. The summed E-state index contributed by atoms with van der Waals surface area (Å²) in [6.45, 7) is 4.40. The molecule has 0 spiro atoms. The molecule has 104 valence electrons. The van der Waals surface area contributed by atoms with Crippen molar-refractivity contribution in [3.05, 3.63) is 53.4 Å². The third-order valence-corrected chi connectivity index (χ3v) is 4.88. The summed E-state index contributed by atoms with van der Waals surface area (Å²) in [6, 6.07) is 11.4. The van der Waals surface area contributed by atoms with E-state index in [4.69, 9.17) is 0 Å². The van der Waals surface area contributed by atoms with Gasteiger partial charge in [0, 0.05) is 28.0 Å². The van der Waals surface area contributed by atoms with Crippen molar-refractivity contribution in [3.8, 4) is 0 Å². The summed E-state index contributed by atoms with van der Waals surface area (Å²) < 4.78 is 1.35. The lowest BCUT2D eigenvalue weighted by Crippen LogP contribution is -2.24. The molecule has 3 aromatic rings. The summed E-state index contributed by atoms with van der Waals surface area (Å²) in [5, 5.41) is 4.99. The number of fused-ring (bicyclic) bond motifs is 1. The van der Waals surface area contributed by atoms with Crippen molar-refractivity contribution in [1.82, 2.24) is 15.3 Å². The van der Waals surface area contributed by atoms with Crippen LogP contribution < -0.4 is 5.32 Å². The first-order valence-electron chi connectivity index (χ1n) is 7.01. The Hall–Kier alpha value is -1.65. The number of imidazole rings is 1. The van der Waals surface area contributed by atoms with Crippen molar-refractivity contribution in [1.29, 1.82) is 0 Å². The Kier molecular flexibility index (Phi) is 3.85. The molecule has 2 heterocycles. The normalized spacial score (nSPS) is 14.5. The Labute approximate surface area is 123 Å². The highest BCUT2D eigenvalue weighted by molar-refractivity contribution is 7.19. The first-order valence-corrected chi connectivity index (χ1v) is 7.83. The Morgan fingerprint density at radius 1 is 1.35 bits per heavy atom. The molecule has 0 bridgehead atoms. The quantitative estimate of drug-likeness (QED) is 0.728. The molecule has 0 saturated carbocycles. The van der Waals surface area contributed by atoms with Gasteiger partial charge in [-0.2, -0.15) is 0 Å². The third kappa shape index (κ3) is 2.62. The Morgan fingerprint density at radius 3 is 2.90 bits per heavy atom. The van der Waals surface area contributed by atoms with Crippen LogP contribution in [0.1, 0.15) is 43.1 Å². The zero-order valence-electron chi connectivity index (χ0n) is 11.8. The number of thiophene rings is 1. The van der Waals surface area contributed by atoms with E-state index in [0.717, 1.165) is 12.2 Å². The summed E-state index contributed by atoms with van der Waals surface area (Å²) in [6.07, 6.45) is 4.70. The number of nitrogens with one attached hydrogen (secondary N) is 2. The van der Waals surface area contributed by atoms with Gasteiger partial charge in [-0.3, -0.25) is 5.32 Å². The van der Waals surface area contributed by atoms with Crippen molar-refractivity contribution in [3.63, 3.8) is 0 Å². The number of rotatable bonds is 5. The van der Waals surface area contributed by atoms with Crippen LogP contribution in [0.3, 0.4) is 0 Å². The number of nitrogens with zero attached hydrogens (tertiary/aromatic N) is 1. The van der Waals surface area contributed by atoms with Gasteiger partial charge in [0.1, 0.15) is 5.82 Å². The predicted octanol–water partition coefficient (Wildman–Crippen LogP) is 4.43. The molecular weight excluding hydrogens is 266 g/mol. The van der Waals surface area contributed by atoms with Gasteiger partial charge >= 0.3 is 0 Å². The second-order valence-electron chi connectivity index (χ2n) is 5.01. The molecule has 1 aromatic carbocycles. The van der Waals surface area contributed by atoms with Gasteiger partial charge in [-0.05, 0) is 30.9 Å². The monoisotopic (exact) mass is 285 g/mol. The van der Waals surface area contributed by atoms with E-state index in [1.165, 1.54) is 15.0 Å². The first-order chi connectivity index (χ1) is 9.78. The molecule has 0 saturated heterocycles. The fourth-order valence-electron chi connectivity index (χ4n) is 2.46. The maximum atomic E-state index is 4.36. The van der Waals surface area contributed by atoms with Crippen molar-refractivity contribution in [2.75, 3.05) is 0 Å². The molecule has 0 aliphatic carbocycles. The van der Waals surface area contributed by atoms with E-state index in [1.807, 2.05) is 23.7 Å². The molecule has 0 radical (unpaired) electrons. The zero-order valence-corrected chi connectivity index (χ0v) is 12.6. The topological polar surface area (TPSA) is 40.7 Å². The van der Waals surface area contributed by atoms with Crippen molar-refractivity contribution >= 4 is 21.4 Å². The highest BCUT2D eigenvalue weighted by atomic mass is 32.1. The van der Waals surface area contributed by atoms with E-state index in [-0.39, 0.29) is 6.04 Å². The number of hydrogen-bond acceptors (Lipinski definition) is 3. The molecule has 2 N–H and O–H groups in total. The minimum atomic E-state index is 0.269. The first kappa shape index (κ1) is 13.3. The highest BCUT2D eigenvalue weighted by Crippen LogP contribution is 2.31. The lowest BCUT2D eigenvalue weighted by atomic mass is 10.1. The second kappa shape index (κ2) is 5.77. The molecule has 2 aromatic heterocycles. The molecule has 3 rings (SSSR count). The fourth-order valence-corrected chi connectivity index (χ4v) is 3.53. The van der Waals surface area contributed by atoms with E-state index in [9.17, 15) is 0 Å². The Morgan fingerprint density at radius 2 is 2.20 bits per heavy atom. The van der Waals surface area contributed by atoms with E-state index in [1.54, 1.807) is 0 Å². The molecule has 0 amide bonds. The molecular formula is C16H19N3S. The average Bonchev–Trinajstić information content (AvgIpc) is 3.13. The molecule has 0 aliphatic heterocycles. The lowest BCUT2D eigenvalue weighted by molar-refractivity contribution is 0.445. The maximum Gasteiger partial charge on any atom is 0.123 e. The van der Waals surface area contributed by atoms with Gasteiger partial charge in [0.25, 0.3) is 0 Å². The standard InChI is InChI=1S/C16H19N3S/c1-3-13(16-17-8-9-18-16)19-11(2)15-10-12-6-4-5-7-14(12)20-15/h4-11,13,19H,3H2,1-2H3,(H,17,18). The molecule has 0 aliphatic rings. The average molecular weight is 285 g/mol. The second-order valence-corrected chi connectivity index (χ2v) is 6.13. The molecule has 2 unspecified atom stereocenters. The fraction of sp³-hybridized carbons (Fsp3) is 0.312. The number of hydrogen-bond donors (Lipinski definition) is 2. The van der Waals surface area contributed by atoms with Gasteiger partial charge in [0.05, 0.1) is 6.04 Å². The van der Waals surface area contributed by atoms with Crippen LogP contribution in [0, 0.1) is 0 Å². The molecule has 20 heavy (non-hydrogen) atoms. The summed E-state index contributed by atoms with van der Waals surface area (Å²) in [5.74, 6) is 1.01. The summed E-state index contributed by atoms with van der Waals surface area (Å²) in [7, 11) is 0. The van der Waals surface area contributed by atoms with Crippen LogP contribution >= 0.6 is 11.3 Å². The highest BCUT2D eigenvalue weighted by Gasteiger charge is 2.17. The zero-order chi connectivity index (χ0) is 13.9. The number of H-pyrrole nitrogens is 1. The van der Waals surface area contributed by atoms with E-state index < -0.39 is 0 Å². The van der Waals surface area contributed by atoms with Crippen LogP contribution in [-0.4, -0.2) is 9.97 Å². The van der Waals surface area contributed by atoms with E-state index >= 15 is 0 Å². The maximum absolute atomic E-state index is 4.36. The SMILES string of the molecule is CCC(NC(C)c1cc2ccccc2s1)c1ncc[nH]1. The summed E-state index contributed by atoms with van der Waals surface area (Å²) in [4.78, 5) is 8.94. The van der Waals surface area contributed by atoms with Gasteiger partial charge in [-0.25, -0.2) is 4.98 Å². The van der Waals surface area contributed by atoms with Crippen LogP contribution in [0.15, 0.2) is 42.7 Å². The van der Waals surface area contributed by atoms with Crippen molar-refractivity contribution in [2.45, 2.75) is 32.4 Å². The van der Waals surface area contributed by atoms with Crippen LogP contribution in [0.5, 0.6) is 0 Å². The van der Waals surface area contributed by atoms with Crippen LogP contribution in [0.2, 0.25) is 0 Å². The van der Waals surface area contributed by atoms with Gasteiger partial charge in [0.2, 0.25) is 0 Å². The van der Waals surface area contributed by atoms with E-state index in [0.29, 0.717) is 6.04 Å². The molecule has 3 nitrogen and oxygen atoms in total. The Balaban J connectivity index is 1.79. The van der Waals surface area contributed by atoms with Gasteiger partial charge in [0.15, 0.2) is 0 Å². The van der Waals surface area contributed by atoms with Crippen molar-refractivity contribution in [2.24, 2.45) is 0 Å². The van der Waals surface area contributed by atoms with E-state index in [2.05, 4.69) is 59.5 Å². The largest absolute Gasteiger partial charge is 0.347 e. The number of aromatic nitrogens is 2. The lowest BCUT2D eigenvalue weighted by Gasteiger charge is -2.19. The van der Waals surface area contributed by atoms with Crippen LogP contribution in [-0.2, 0) is 0 Å². The summed E-state index contributed by atoms with van der Waals surface area (Å²) in [5.41, 5.74) is 0. The number of benzene rings is 1. The Bertz CT molecular complexity index is 639. The van der Waals surface area contributed by atoms with Gasteiger partial charge in [-0.1, -0.05) is 25.1 Å². The summed E-state index contributed by atoms with van der Waals surface area (Å²) >= 11 is 1.86. The van der Waals surface area contributed by atoms with Crippen LogP contribution in [0.25, 0.3) is 10.1 Å². The number of aromatic amines is 1. The predicted molar refractivity (Wildman–Crippen MR) is 85.0 cm³/mol. The van der Waals surface area contributed by atoms with Crippen LogP contribution in [0.4, 0.5) is 0 Å². The smallest absolute Gasteiger partial charge is 0.123 e. The minimum absolute atomic E-state index is 0.269. The molecule has 4 heteroatoms. The van der Waals surface area contributed by atoms with Gasteiger partial charge < -0.3 is 4.98 Å². The molecule has 0 fully saturated rings. The van der Waals surface area contributed by atoms with Crippen molar-refractivity contribution < 1.29 is 0 Å². The third-order valence-electron chi connectivity index (χ3n) is 3.58. The van der Waals surface area contributed by atoms with Gasteiger partial charge in [-0.15, -0.1) is 11.3 Å².